The Morgan fingerprint density at radius 1 is 1.42 bits per heavy atom. The Kier molecular flexibility index (Phi) is 4.42. The first kappa shape index (κ1) is 13.9. The number of esters is 1. The normalized spacial score (nSPS) is 19.2. The Morgan fingerprint density at radius 3 is 2.74 bits per heavy atom. The van der Waals surface area contributed by atoms with Crippen molar-refractivity contribution < 1.29 is 14.3 Å². The van der Waals surface area contributed by atoms with E-state index < -0.39 is 0 Å². The van der Waals surface area contributed by atoms with Gasteiger partial charge in [-0.05, 0) is 26.3 Å². The number of nitrogens with zero attached hydrogens (tertiary/aromatic N) is 1. The van der Waals surface area contributed by atoms with Gasteiger partial charge in [0.25, 0.3) is 0 Å². The summed E-state index contributed by atoms with van der Waals surface area (Å²) in [4.78, 5) is 25.6. The lowest BCUT2D eigenvalue weighted by Gasteiger charge is -2.26. The zero-order valence-electron chi connectivity index (χ0n) is 11.5. The second kappa shape index (κ2) is 6.06. The van der Waals surface area contributed by atoms with E-state index in [0.29, 0.717) is 30.5 Å². The molecule has 1 aliphatic carbocycles. The van der Waals surface area contributed by atoms with Gasteiger partial charge in [0, 0.05) is 18.3 Å². The smallest absolute Gasteiger partial charge is 0.337 e. The molecule has 19 heavy (non-hydrogen) atoms. The van der Waals surface area contributed by atoms with E-state index in [1.165, 1.54) is 12.8 Å². The third-order valence-electron chi connectivity index (χ3n) is 3.41. The van der Waals surface area contributed by atoms with Crippen LogP contribution in [0.3, 0.4) is 0 Å². The molecule has 2 N–H and O–H groups in total. The van der Waals surface area contributed by atoms with Gasteiger partial charge < -0.3 is 15.4 Å². The van der Waals surface area contributed by atoms with Gasteiger partial charge in [-0.1, -0.05) is 6.92 Å². The van der Waals surface area contributed by atoms with E-state index in [1.807, 2.05) is 0 Å². The predicted molar refractivity (Wildman–Crippen MR) is 70.5 cm³/mol. The van der Waals surface area contributed by atoms with Crippen LogP contribution in [0.5, 0.6) is 0 Å². The van der Waals surface area contributed by atoms with Crippen LogP contribution in [0.2, 0.25) is 0 Å². The second-order valence-electron chi connectivity index (χ2n) is 4.78. The standard InChI is InChI=1S/C13H21N3O3/c1-3-16(9-5-6-9)8-11-10(12(17)19-4-2)7-14-13(18)15-11/h9H,3-8H2,1-2H3,(H2,14,15,18). The van der Waals surface area contributed by atoms with Crippen LogP contribution in [0, 0.1) is 0 Å². The van der Waals surface area contributed by atoms with Crippen molar-refractivity contribution in [1.82, 2.24) is 15.5 Å². The molecule has 0 aromatic heterocycles. The van der Waals surface area contributed by atoms with Gasteiger partial charge in [0.05, 0.1) is 18.7 Å². The molecule has 106 valence electrons. The van der Waals surface area contributed by atoms with Crippen LogP contribution in [-0.2, 0) is 9.53 Å². The Balaban J connectivity index is 2.13. The molecule has 0 atom stereocenters. The van der Waals surface area contributed by atoms with Crippen molar-refractivity contribution in [2.75, 3.05) is 26.2 Å². The zero-order valence-corrected chi connectivity index (χ0v) is 11.5. The first-order valence-electron chi connectivity index (χ1n) is 6.83. The van der Waals surface area contributed by atoms with Gasteiger partial charge in [0.2, 0.25) is 0 Å². The van der Waals surface area contributed by atoms with Crippen molar-refractivity contribution in [2.24, 2.45) is 0 Å². The lowest BCUT2D eigenvalue weighted by molar-refractivity contribution is -0.138. The molecule has 1 aliphatic heterocycles. The van der Waals surface area contributed by atoms with Crippen molar-refractivity contribution in [3.63, 3.8) is 0 Å². The van der Waals surface area contributed by atoms with Crippen LogP contribution in [0.25, 0.3) is 0 Å². The van der Waals surface area contributed by atoms with E-state index in [4.69, 9.17) is 4.74 Å². The molecule has 0 radical (unpaired) electrons. The average molecular weight is 267 g/mol. The number of carbonyl (C=O) groups excluding carboxylic acids is 2. The summed E-state index contributed by atoms with van der Waals surface area (Å²) in [7, 11) is 0. The summed E-state index contributed by atoms with van der Waals surface area (Å²) >= 11 is 0. The highest BCUT2D eigenvalue weighted by molar-refractivity contribution is 5.93. The largest absolute Gasteiger partial charge is 0.463 e. The molecule has 0 saturated heterocycles. The van der Waals surface area contributed by atoms with E-state index in [-0.39, 0.29) is 18.5 Å². The van der Waals surface area contributed by atoms with Gasteiger partial charge in [-0.2, -0.15) is 0 Å². The third-order valence-corrected chi connectivity index (χ3v) is 3.41. The SMILES string of the molecule is CCOC(=O)C1=C(CN(CC)C2CC2)NC(=O)NC1. The molecule has 6 nitrogen and oxygen atoms in total. The zero-order chi connectivity index (χ0) is 13.8. The summed E-state index contributed by atoms with van der Waals surface area (Å²) in [5.74, 6) is -0.350. The first-order chi connectivity index (χ1) is 9.15. The van der Waals surface area contributed by atoms with Gasteiger partial charge in [0.15, 0.2) is 0 Å². The molecule has 6 heteroatoms. The fourth-order valence-electron chi connectivity index (χ4n) is 2.22. The maximum absolute atomic E-state index is 11.9. The van der Waals surface area contributed by atoms with Crippen molar-refractivity contribution in [3.05, 3.63) is 11.3 Å². The highest BCUT2D eigenvalue weighted by Gasteiger charge is 2.31. The minimum atomic E-state index is -0.350. The number of urea groups is 1. The Labute approximate surface area is 113 Å². The van der Waals surface area contributed by atoms with Gasteiger partial charge in [0.1, 0.15) is 0 Å². The summed E-state index contributed by atoms with van der Waals surface area (Å²) in [5, 5.41) is 5.35. The molecule has 0 spiro atoms. The summed E-state index contributed by atoms with van der Waals surface area (Å²) in [6, 6.07) is 0.336. The number of ether oxygens (including phenoxy) is 1. The van der Waals surface area contributed by atoms with Gasteiger partial charge in [-0.3, -0.25) is 4.90 Å². The van der Waals surface area contributed by atoms with Crippen molar-refractivity contribution in [2.45, 2.75) is 32.7 Å². The number of rotatable bonds is 6. The maximum atomic E-state index is 11.9. The number of hydrogen-bond acceptors (Lipinski definition) is 4. The third kappa shape index (κ3) is 3.47. The maximum Gasteiger partial charge on any atom is 0.337 e. The minimum absolute atomic E-state index is 0.238. The second-order valence-corrected chi connectivity index (χ2v) is 4.78. The fourth-order valence-corrected chi connectivity index (χ4v) is 2.22. The van der Waals surface area contributed by atoms with E-state index >= 15 is 0 Å². The number of hydrogen-bond donors (Lipinski definition) is 2. The fraction of sp³-hybridized carbons (Fsp3) is 0.692. The van der Waals surface area contributed by atoms with Crippen LogP contribution in [0.15, 0.2) is 11.3 Å². The topological polar surface area (TPSA) is 70.7 Å². The molecule has 1 saturated carbocycles. The number of nitrogens with one attached hydrogen (secondary N) is 2. The molecule has 0 bridgehead atoms. The van der Waals surface area contributed by atoms with E-state index in [9.17, 15) is 9.59 Å². The summed E-state index contributed by atoms with van der Waals surface area (Å²) in [6.07, 6.45) is 2.39. The lowest BCUT2D eigenvalue weighted by atomic mass is 10.1. The summed E-state index contributed by atoms with van der Waals surface area (Å²) < 4.78 is 5.03. The molecule has 1 fully saturated rings. The van der Waals surface area contributed by atoms with Crippen molar-refractivity contribution >= 4 is 12.0 Å². The van der Waals surface area contributed by atoms with Crippen molar-refractivity contribution in [3.8, 4) is 0 Å². The molecule has 0 unspecified atom stereocenters. The molecule has 0 aromatic rings. The molecular formula is C13H21N3O3. The molecule has 0 aromatic carbocycles. The number of likely N-dealkylation sites (N-methyl/N-ethyl adjacent to an activating group) is 1. The van der Waals surface area contributed by atoms with Crippen LogP contribution in [-0.4, -0.2) is 49.2 Å². The van der Waals surface area contributed by atoms with Crippen LogP contribution in [0.1, 0.15) is 26.7 Å². The highest BCUT2D eigenvalue weighted by Crippen LogP contribution is 2.27. The average Bonchev–Trinajstić information content (AvgIpc) is 3.20. The van der Waals surface area contributed by atoms with E-state index in [1.54, 1.807) is 6.92 Å². The Morgan fingerprint density at radius 2 is 2.16 bits per heavy atom. The quantitative estimate of drug-likeness (QED) is 0.691. The Hall–Kier alpha value is -1.56. The number of amides is 2. The molecule has 1 heterocycles. The summed E-state index contributed by atoms with van der Waals surface area (Å²) in [6.45, 7) is 5.95. The molecule has 2 aliphatic rings. The molecule has 2 amide bonds. The Bertz CT molecular complexity index is 402. The van der Waals surface area contributed by atoms with Gasteiger partial charge >= 0.3 is 12.0 Å². The van der Waals surface area contributed by atoms with Crippen LogP contribution in [0.4, 0.5) is 4.79 Å². The van der Waals surface area contributed by atoms with Crippen molar-refractivity contribution in [1.29, 1.82) is 0 Å². The lowest BCUT2D eigenvalue weighted by Crippen LogP contribution is -2.47. The highest BCUT2D eigenvalue weighted by atomic mass is 16.5. The predicted octanol–water partition coefficient (Wildman–Crippen LogP) is 0.601. The van der Waals surface area contributed by atoms with Crippen LogP contribution >= 0.6 is 0 Å². The van der Waals surface area contributed by atoms with Crippen LogP contribution < -0.4 is 10.6 Å². The van der Waals surface area contributed by atoms with E-state index in [0.717, 1.165) is 6.54 Å². The first-order valence-corrected chi connectivity index (χ1v) is 6.83. The summed E-state index contributed by atoms with van der Waals surface area (Å²) in [5.41, 5.74) is 1.21. The molecular weight excluding hydrogens is 246 g/mol. The van der Waals surface area contributed by atoms with E-state index in [2.05, 4.69) is 22.5 Å². The van der Waals surface area contributed by atoms with Gasteiger partial charge in [-0.15, -0.1) is 0 Å². The minimum Gasteiger partial charge on any atom is -0.463 e. The monoisotopic (exact) mass is 267 g/mol. The molecule has 2 rings (SSSR count). The number of carbonyl (C=O) groups is 2. The van der Waals surface area contributed by atoms with Gasteiger partial charge in [-0.25, -0.2) is 9.59 Å².